The first-order chi connectivity index (χ1) is 7.62. The van der Waals surface area contributed by atoms with Crippen LogP contribution < -0.4 is 11.1 Å². The van der Waals surface area contributed by atoms with Gasteiger partial charge in [-0.1, -0.05) is 6.92 Å². The molecule has 0 aliphatic rings. The molecule has 102 valence electrons. The Morgan fingerprint density at radius 2 is 1.94 bits per heavy atom. The molecule has 0 aromatic rings. The van der Waals surface area contributed by atoms with Crippen molar-refractivity contribution in [3.63, 3.8) is 0 Å². The van der Waals surface area contributed by atoms with Crippen molar-refractivity contribution in [1.29, 1.82) is 0 Å². The Morgan fingerprint density at radius 3 is 2.35 bits per heavy atom. The fourth-order valence-electron chi connectivity index (χ4n) is 1.16. The van der Waals surface area contributed by atoms with Gasteiger partial charge < -0.3 is 11.1 Å². The Morgan fingerprint density at radius 1 is 1.41 bits per heavy atom. The molecule has 1 unspecified atom stereocenters. The van der Waals surface area contributed by atoms with E-state index in [9.17, 15) is 13.2 Å². The van der Waals surface area contributed by atoms with Gasteiger partial charge in [-0.05, 0) is 33.2 Å². The van der Waals surface area contributed by atoms with Gasteiger partial charge in [-0.2, -0.15) is 0 Å². The second kappa shape index (κ2) is 6.35. The topological polar surface area (TPSA) is 89.3 Å². The van der Waals surface area contributed by atoms with E-state index in [4.69, 9.17) is 5.73 Å². The van der Waals surface area contributed by atoms with Crippen LogP contribution in [0.1, 0.15) is 33.6 Å². The first-order valence-corrected chi connectivity index (χ1v) is 7.68. The predicted molar refractivity (Wildman–Crippen MR) is 69.4 cm³/mol. The average Bonchev–Trinajstić information content (AvgIpc) is 2.20. The van der Waals surface area contributed by atoms with Crippen molar-refractivity contribution in [3.05, 3.63) is 0 Å². The smallest absolute Gasteiger partial charge is 0.222 e. The van der Waals surface area contributed by atoms with E-state index in [2.05, 4.69) is 5.32 Å². The summed E-state index contributed by atoms with van der Waals surface area (Å²) in [6.45, 7) is 5.73. The first kappa shape index (κ1) is 16.4. The fraction of sp³-hybridized carbons (Fsp3) is 0.909. The van der Waals surface area contributed by atoms with Gasteiger partial charge >= 0.3 is 0 Å². The molecule has 1 atom stereocenters. The van der Waals surface area contributed by atoms with Gasteiger partial charge in [0.2, 0.25) is 5.91 Å². The van der Waals surface area contributed by atoms with Crippen LogP contribution in [0.25, 0.3) is 0 Å². The van der Waals surface area contributed by atoms with E-state index in [-0.39, 0.29) is 18.4 Å². The molecule has 17 heavy (non-hydrogen) atoms. The summed E-state index contributed by atoms with van der Waals surface area (Å²) < 4.78 is 21.9. The minimum atomic E-state index is -3.18. The SMILES string of the molecule is CC(CCCN)C(=O)NCC(C)(C)S(C)(=O)=O. The molecule has 0 bridgehead atoms. The molecule has 0 aromatic heterocycles. The normalized spacial score (nSPS) is 14.4. The number of rotatable bonds is 7. The van der Waals surface area contributed by atoms with Gasteiger partial charge in [-0.3, -0.25) is 4.79 Å². The standard InChI is InChI=1S/C11H24N2O3S/c1-9(6-5-7-12)10(14)13-8-11(2,3)17(4,15)16/h9H,5-8,12H2,1-4H3,(H,13,14). The highest BCUT2D eigenvalue weighted by atomic mass is 32.2. The van der Waals surface area contributed by atoms with Crippen LogP contribution >= 0.6 is 0 Å². The quantitative estimate of drug-likeness (QED) is 0.692. The summed E-state index contributed by atoms with van der Waals surface area (Å²) in [7, 11) is -3.18. The average molecular weight is 264 g/mol. The molecule has 5 nitrogen and oxygen atoms in total. The van der Waals surface area contributed by atoms with Crippen molar-refractivity contribution in [2.45, 2.75) is 38.4 Å². The lowest BCUT2D eigenvalue weighted by atomic mass is 10.0. The van der Waals surface area contributed by atoms with Crippen LogP contribution in [0.4, 0.5) is 0 Å². The number of carbonyl (C=O) groups excluding carboxylic acids is 1. The van der Waals surface area contributed by atoms with E-state index in [0.29, 0.717) is 6.54 Å². The lowest BCUT2D eigenvalue weighted by Gasteiger charge is -2.23. The molecule has 0 saturated heterocycles. The third-order valence-corrected chi connectivity index (χ3v) is 5.13. The van der Waals surface area contributed by atoms with Gasteiger partial charge in [-0.15, -0.1) is 0 Å². The summed E-state index contributed by atoms with van der Waals surface area (Å²) in [5.41, 5.74) is 5.37. The molecule has 0 fully saturated rings. The minimum absolute atomic E-state index is 0.116. The third kappa shape index (κ3) is 5.50. The van der Waals surface area contributed by atoms with Gasteiger partial charge in [0.05, 0.1) is 4.75 Å². The molecule has 0 rings (SSSR count). The molecular weight excluding hydrogens is 240 g/mol. The van der Waals surface area contributed by atoms with Crippen molar-refractivity contribution in [1.82, 2.24) is 5.32 Å². The van der Waals surface area contributed by atoms with Crippen molar-refractivity contribution in [3.8, 4) is 0 Å². The van der Waals surface area contributed by atoms with Crippen molar-refractivity contribution >= 4 is 15.7 Å². The number of nitrogens with one attached hydrogen (secondary N) is 1. The number of hydrogen-bond acceptors (Lipinski definition) is 4. The summed E-state index contributed by atoms with van der Waals surface area (Å²) in [6, 6.07) is 0. The van der Waals surface area contributed by atoms with Gasteiger partial charge in [0.25, 0.3) is 0 Å². The maximum Gasteiger partial charge on any atom is 0.222 e. The molecule has 0 aromatic carbocycles. The monoisotopic (exact) mass is 264 g/mol. The number of amides is 1. The molecule has 0 radical (unpaired) electrons. The van der Waals surface area contributed by atoms with Gasteiger partial charge in [0, 0.05) is 18.7 Å². The lowest BCUT2D eigenvalue weighted by Crippen LogP contribution is -2.45. The Kier molecular flexibility index (Phi) is 6.12. The zero-order valence-electron chi connectivity index (χ0n) is 11.1. The van der Waals surface area contributed by atoms with Gasteiger partial charge in [-0.25, -0.2) is 8.42 Å². The molecule has 0 aliphatic carbocycles. The van der Waals surface area contributed by atoms with E-state index in [1.54, 1.807) is 13.8 Å². The van der Waals surface area contributed by atoms with Crippen LogP contribution in [0.3, 0.4) is 0 Å². The largest absolute Gasteiger partial charge is 0.354 e. The zero-order valence-corrected chi connectivity index (χ0v) is 11.9. The number of carbonyl (C=O) groups is 1. The van der Waals surface area contributed by atoms with Crippen molar-refractivity contribution in [2.24, 2.45) is 11.7 Å². The van der Waals surface area contributed by atoms with Crippen LogP contribution in [0.15, 0.2) is 0 Å². The molecule has 3 N–H and O–H groups in total. The second-order valence-corrected chi connectivity index (χ2v) is 7.73. The highest BCUT2D eigenvalue weighted by molar-refractivity contribution is 7.92. The van der Waals surface area contributed by atoms with Crippen LogP contribution in [0.2, 0.25) is 0 Å². The van der Waals surface area contributed by atoms with E-state index >= 15 is 0 Å². The molecule has 0 saturated carbocycles. The van der Waals surface area contributed by atoms with E-state index in [1.165, 1.54) is 6.26 Å². The van der Waals surface area contributed by atoms with Gasteiger partial charge in [0.15, 0.2) is 9.84 Å². The van der Waals surface area contributed by atoms with E-state index in [0.717, 1.165) is 12.8 Å². The van der Waals surface area contributed by atoms with Crippen molar-refractivity contribution < 1.29 is 13.2 Å². The van der Waals surface area contributed by atoms with Crippen molar-refractivity contribution in [2.75, 3.05) is 19.3 Å². The Balaban J connectivity index is 4.25. The van der Waals surface area contributed by atoms with Gasteiger partial charge in [0.1, 0.15) is 0 Å². The number of nitrogens with two attached hydrogens (primary N) is 1. The summed E-state index contributed by atoms with van der Waals surface area (Å²) in [5.74, 6) is -0.246. The first-order valence-electron chi connectivity index (χ1n) is 5.79. The summed E-state index contributed by atoms with van der Waals surface area (Å²) in [6.07, 6.45) is 2.70. The minimum Gasteiger partial charge on any atom is -0.354 e. The maximum atomic E-state index is 11.7. The Hall–Kier alpha value is -0.620. The van der Waals surface area contributed by atoms with Crippen LogP contribution in [-0.4, -0.2) is 38.4 Å². The fourth-order valence-corrected chi connectivity index (χ4v) is 1.49. The molecule has 6 heteroatoms. The lowest BCUT2D eigenvalue weighted by molar-refractivity contribution is -0.124. The summed E-state index contributed by atoms with van der Waals surface area (Å²) in [5, 5.41) is 2.68. The highest BCUT2D eigenvalue weighted by Gasteiger charge is 2.30. The summed E-state index contributed by atoms with van der Waals surface area (Å²) in [4.78, 5) is 11.7. The molecule has 0 aliphatic heterocycles. The highest BCUT2D eigenvalue weighted by Crippen LogP contribution is 2.14. The maximum absolute atomic E-state index is 11.7. The second-order valence-electron chi connectivity index (χ2n) is 5.08. The van der Waals surface area contributed by atoms with Crippen LogP contribution in [-0.2, 0) is 14.6 Å². The third-order valence-electron chi connectivity index (χ3n) is 2.98. The zero-order chi connectivity index (χ0) is 13.7. The Bertz CT molecular complexity index is 350. The van der Waals surface area contributed by atoms with Crippen LogP contribution in [0, 0.1) is 5.92 Å². The number of sulfone groups is 1. The number of hydrogen-bond donors (Lipinski definition) is 2. The molecule has 0 heterocycles. The summed E-state index contributed by atoms with van der Waals surface area (Å²) >= 11 is 0. The van der Waals surface area contributed by atoms with E-state index < -0.39 is 14.6 Å². The molecule has 1 amide bonds. The molecule has 0 spiro atoms. The van der Waals surface area contributed by atoms with Crippen LogP contribution in [0.5, 0.6) is 0 Å². The Labute approximate surface area is 104 Å². The predicted octanol–water partition coefficient (Wildman–Crippen LogP) is 0.301. The molecular formula is C11H24N2O3S. The van der Waals surface area contributed by atoms with E-state index in [1.807, 2.05) is 6.92 Å².